The number of nitrogens with two attached hydrogens (primary N) is 1. The number of carbonyl (C=O) groups is 3. The zero-order valence-corrected chi connectivity index (χ0v) is 7.65. The van der Waals surface area contributed by atoms with Crippen LogP contribution >= 0.6 is 0 Å². The largest absolute Gasteiger partial charge is 0.480 e. The number of aliphatic carboxylic acids is 1. The lowest BCUT2D eigenvalue weighted by atomic mass is 10.3. The maximum atomic E-state index is 11.0. The van der Waals surface area contributed by atoms with Crippen LogP contribution in [0.5, 0.6) is 0 Å². The topological polar surface area (TPSA) is 119 Å². The molecular formula is C7H12N2O5. The Kier molecular flexibility index (Phi) is 5.23. The predicted octanol–water partition coefficient (Wildman–Crippen LogP) is -1.92. The molecule has 0 aliphatic carbocycles. The van der Waals surface area contributed by atoms with Gasteiger partial charge in [-0.25, -0.2) is 4.79 Å². The minimum absolute atomic E-state index is 0.110. The van der Waals surface area contributed by atoms with E-state index in [1.54, 1.807) is 6.92 Å². The summed E-state index contributed by atoms with van der Waals surface area (Å²) in [5.74, 6) is -2.96. The van der Waals surface area contributed by atoms with Crippen LogP contribution in [-0.2, 0) is 19.1 Å². The molecule has 0 fully saturated rings. The van der Waals surface area contributed by atoms with Gasteiger partial charge in [0.05, 0.1) is 6.61 Å². The van der Waals surface area contributed by atoms with E-state index in [2.05, 4.69) is 4.74 Å². The van der Waals surface area contributed by atoms with Gasteiger partial charge >= 0.3 is 11.9 Å². The first-order chi connectivity index (χ1) is 6.49. The van der Waals surface area contributed by atoms with Crippen molar-refractivity contribution in [3.8, 4) is 0 Å². The number of rotatable bonds is 5. The molecule has 0 spiro atoms. The van der Waals surface area contributed by atoms with E-state index in [1.165, 1.54) is 0 Å². The number of carboxylic acid groups (broad SMARTS) is 1. The van der Waals surface area contributed by atoms with Crippen LogP contribution in [0.15, 0.2) is 0 Å². The van der Waals surface area contributed by atoms with Gasteiger partial charge in [0.15, 0.2) is 6.04 Å². The Morgan fingerprint density at radius 3 is 2.50 bits per heavy atom. The van der Waals surface area contributed by atoms with Gasteiger partial charge in [-0.3, -0.25) is 9.59 Å². The highest BCUT2D eigenvalue weighted by Crippen LogP contribution is 1.85. The van der Waals surface area contributed by atoms with Crippen molar-refractivity contribution in [2.24, 2.45) is 5.73 Å². The van der Waals surface area contributed by atoms with Crippen LogP contribution in [0.3, 0.4) is 0 Å². The third-order valence-electron chi connectivity index (χ3n) is 1.24. The lowest BCUT2D eigenvalue weighted by Gasteiger charge is -2.09. The van der Waals surface area contributed by atoms with Crippen LogP contribution < -0.4 is 11.1 Å². The number of hydrogen-bond acceptors (Lipinski definition) is 5. The summed E-state index contributed by atoms with van der Waals surface area (Å²) in [4.78, 5) is 31.9. The van der Waals surface area contributed by atoms with E-state index in [1.807, 2.05) is 5.32 Å². The van der Waals surface area contributed by atoms with E-state index in [0.717, 1.165) is 0 Å². The highest BCUT2D eigenvalue weighted by molar-refractivity contribution is 6.02. The van der Waals surface area contributed by atoms with Crippen molar-refractivity contribution in [3.05, 3.63) is 0 Å². The fourth-order valence-electron chi connectivity index (χ4n) is 0.612. The Morgan fingerprint density at radius 1 is 1.50 bits per heavy atom. The molecule has 1 amide bonds. The number of carbonyl (C=O) groups excluding carboxylic acids is 2. The summed E-state index contributed by atoms with van der Waals surface area (Å²) in [7, 11) is 0. The molecule has 0 aliphatic heterocycles. The first-order valence-corrected chi connectivity index (χ1v) is 3.90. The SMILES string of the molecule is CCOC(=O)C(N)C(=O)NCC(=O)O. The average Bonchev–Trinajstić information content (AvgIpc) is 2.13. The number of esters is 1. The molecule has 1 unspecified atom stereocenters. The molecule has 0 aromatic rings. The van der Waals surface area contributed by atoms with E-state index >= 15 is 0 Å². The van der Waals surface area contributed by atoms with E-state index in [-0.39, 0.29) is 6.61 Å². The predicted molar refractivity (Wildman–Crippen MR) is 45.3 cm³/mol. The van der Waals surface area contributed by atoms with E-state index in [4.69, 9.17) is 10.8 Å². The highest BCUT2D eigenvalue weighted by atomic mass is 16.5. The Bertz CT molecular complexity index is 240. The van der Waals surface area contributed by atoms with Gasteiger partial charge in [-0.1, -0.05) is 0 Å². The first-order valence-electron chi connectivity index (χ1n) is 3.90. The Balaban J connectivity index is 3.98. The van der Waals surface area contributed by atoms with Gasteiger partial charge < -0.3 is 20.9 Å². The Hall–Kier alpha value is -1.63. The molecule has 0 saturated carbocycles. The standard InChI is InChI=1S/C7H12N2O5/c1-2-14-7(13)5(8)6(12)9-3-4(10)11/h5H,2-3,8H2,1H3,(H,9,12)(H,10,11). The molecule has 0 heterocycles. The monoisotopic (exact) mass is 204 g/mol. The lowest BCUT2D eigenvalue weighted by Crippen LogP contribution is -2.48. The number of carboxylic acids is 1. The molecule has 7 nitrogen and oxygen atoms in total. The summed E-state index contributed by atoms with van der Waals surface area (Å²) < 4.78 is 4.46. The van der Waals surface area contributed by atoms with Crippen molar-refractivity contribution in [1.29, 1.82) is 0 Å². The Labute approximate surface area is 80.2 Å². The van der Waals surface area contributed by atoms with Gasteiger partial charge in [0, 0.05) is 0 Å². The highest BCUT2D eigenvalue weighted by Gasteiger charge is 2.23. The van der Waals surface area contributed by atoms with Crippen molar-refractivity contribution < 1.29 is 24.2 Å². The van der Waals surface area contributed by atoms with Gasteiger partial charge in [0.25, 0.3) is 0 Å². The van der Waals surface area contributed by atoms with Crippen molar-refractivity contribution >= 4 is 17.8 Å². The molecule has 0 radical (unpaired) electrons. The van der Waals surface area contributed by atoms with Gasteiger partial charge in [-0.2, -0.15) is 0 Å². The van der Waals surface area contributed by atoms with Gasteiger partial charge in [-0.05, 0) is 6.92 Å². The van der Waals surface area contributed by atoms with Crippen LogP contribution in [0.2, 0.25) is 0 Å². The summed E-state index contributed by atoms with van der Waals surface area (Å²) in [6.07, 6.45) is 0. The second-order valence-electron chi connectivity index (χ2n) is 2.34. The summed E-state index contributed by atoms with van der Waals surface area (Å²) in [6.45, 7) is 1.10. The van der Waals surface area contributed by atoms with Crippen LogP contribution in [0.1, 0.15) is 6.92 Å². The van der Waals surface area contributed by atoms with Gasteiger partial charge in [0.1, 0.15) is 6.54 Å². The zero-order chi connectivity index (χ0) is 11.1. The minimum Gasteiger partial charge on any atom is -0.480 e. The normalized spacial score (nSPS) is 11.6. The molecule has 0 aromatic carbocycles. The van der Waals surface area contributed by atoms with Crippen LogP contribution in [0, 0.1) is 0 Å². The molecular weight excluding hydrogens is 192 g/mol. The van der Waals surface area contributed by atoms with E-state index in [9.17, 15) is 14.4 Å². The van der Waals surface area contributed by atoms with Crippen molar-refractivity contribution in [3.63, 3.8) is 0 Å². The first kappa shape index (κ1) is 12.4. The molecule has 80 valence electrons. The van der Waals surface area contributed by atoms with Gasteiger partial charge in [0.2, 0.25) is 5.91 Å². The second kappa shape index (κ2) is 5.92. The van der Waals surface area contributed by atoms with Crippen molar-refractivity contribution in [1.82, 2.24) is 5.32 Å². The van der Waals surface area contributed by atoms with Crippen LogP contribution in [0.4, 0.5) is 0 Å². The minimum atomic E-state index is -1.48. The molecule has 0 rings (SSSR count). The summed E-state index contributed by atoms with van der Waals surface area (Å²) in [5.41, 5.74) is 5.15. The maximum Gasteiger partial charge on any atom is 0.332 e. The van der Waals surface area contributed by atoms with E-state index < -0.39 is 30.4 Å². The zero-order valence-electron chi connectivity index (χ0n) is 7.65. The molecule has 0 aliphatic rings. The van der Waals surface area contributed by atoms with Crippen LogP contribution in [0.25, 0.3) is 0 Å². The van der Waals surface area contributed by atoms with Crippen molar-refractivity contribution in [2.75, 3.05) is 13.2 Å². The molecule has 1 atom stereocenters. The number of nitrogens with one attached hydrogen (secondary N) is 1. The summed E-state index contributed by atoms with van der Waals surface area (Å²) in [5, 5.41) is 10.2. The molecule has 0 saturated heterocycles. The van der Waals surface area contributed by atoms with E-state index in [0.29, 0.717) is 0 Å². The molecule has 0 aromatic heterocycles. The maximum absolute atomic E-state index is 11.0. The number of hydrogen-bond donors (Lipinski definition) is 3. The average molecular weight is 204 g/mol. The third kappa shape index (κ3) is 4.41. The molecule has 14 heavy (non-hydrogen) atoms. The molecule has 7 heteroatoms. The molecule has 0 bridgehead atoms. The fraction of sp³-hybridized carbons (Fsp3) is 0.571. The number of ether oxygens (including phenoxy) is 1. The Morgan fingerprint density at radius 2 is 2.07 bits per heavy atom. The fourth-order valence-corrected chi connectivity index (χ4v) is 0.612. The molecule has 4 N–H and O–H groups in total. The number of amides is 1. The second-order valence-corrected chi connectivity index (χ2v) is 2.34. The summed E-state index contributed by atoms with van der Waals surface area (Å²) >= 11 is 0. The third-order valence-corrected chi connectivity index (χ3v) is 1.24. The lowest BCUT2D eigenvalue weighted by molar-refractivity contribution is -0.149. The summed E-state index contributed by atoms with van der Waals surface area (Å²) in [6, 6.07) is -1.48. The quantitative estimate of drug-likeness (QED) is 0.354. The van der Waals surface area contributed by atoms with Crippen LogP contribution in [-0.4, -0.2) is 42.1 Å². The smallest absolute Gasteiger partial charge is 0.332 e. The van der Waals surface area contributed by atoms with Crippen molar-refractivity contribution in [2.45, 2.75) is 13.0 Å². The van der Waals surface area contributed by atoms with Gasteiger partial charge in [-0.15, -0.1) is 0 Å².